The van der Waals surface area contributed by atoms with Crippen molar-refractivity contribution in [1.29, 1.82) is 0 Å². The fourth-order valence-corrected chi connectivity index (χ4v) is 4.90. The van der Waals surface area contributed by atoms with Crippen LogP contribution in [0.15, 0.2) is 72.8 Å². The van der Waals surface area contributed by atoms with E-state index >= 15 is 0 Å². The lowest BCUT2D eigenvalue weighted by Crippen LogP contribution is -2.52. The van der Waals surface area contributed by atoms with Gasteiger partial charge in [0.05, 0.1) is 0 Å². The topological polar surface area (TPSA) is 92.5 Å². The number of nitrogens with one attached hydrogen (secondary N) is 1. The summed E-state index contributed by atoms with van der Waals surface area (Å²) in [4.78, 5) is 39.8. The molecule has 1 aliphatic rings. The van der Waals surface area contributed by atoms with E-state index in [-0.39, 0.29) is 17.7 Å². The molecule has 0 aliphatic carbocycles. The fraction of sp³-hybridized carbons (Fsp3) is 0.300. The van der Waals surface area contributed by atoms with Crippen LogP contribution in [0.1, 0.15) is 58.9 Å². The zero-order valence-corrected chi connectivity index (χ0v) is 21.9. The molecule has 4 rings (SSSR count). The molecule has 3 N–H and O–H groups in total. The van der Waals surface area contributed by atoms with Crippen LogP contribution in [0, 0.1) is 5.92 Å². The summed E-state index contributed by atoms with van der Waals surface area (Å²) in [6, 6.07) is 21.4. The van der Waals surface area contributed by atoms with Gasteiger partial charge in [-0.1, -0.05) is 61.8 Å². The van der Waals surface area contributed by atoms with Gasteiger partial charge in [-0.15, -0.1) is 0 Å². The van der Waals surface area contributed by atoms with E-state index in [1.54, 1.807) is 42.5 Å². The minimum atomic E-state index is -0.613. The Morgan fingerprint density at radius 3 is 2.14 bits per heavy atom. The maximum atomic E-state index is 13.4. The van der Waals surface area contributed by atoms with Crippen molar-refractivity contribution in [3.8, 4) is 11.1 Å². The van der Waals surface area contributed by atoms with Gasteiger partial charge >= 0.3 is 0 Å². The molecule has 37 heavy (non-hydrogen) atoms. The Morgan fingerprint density at radius 2 is 1.54 bits per heavy atom. The van der Waals surface area contributed by atoms with Crippen molar-refractivity contribution in [1.82, 2.24) is 10.2 Å². The summed E-state index contributed by atoms with van der Waals surface area (Å²) in [6.45, 7) is 5.20. The third-order valence-corrected chi connectivity index (χ3v) is 7.25. The molecule has 1 aliphatic heterocycles. The molecule has 3 aromatic rings. The Labute approximate surface area is 222 Å². The monoisotopic (exact) mass is 517 g/mol. The number of nitrogens with zero attached hydrogens (tertiary/aromatic N) is 1. The van der Waals surface area contributed by atoms with Crippen LogP contribution >= 0.6 is 11.6 Å². The van der Waals surface area contributed by atoms with Gasteiger partial charge in [-0.05, 0) is 77.8 Å². The summed E-state index contributed by atoms with van der Waals surface area (Å²) in [7, 11) is 0. The van der Waals surface area contributed by atoms with Gasteiger partial charge < -0.3 is 16.0 Å². The number of rotatable bonds is 7. The molecule has 6 nitrogen and oxygen atoms in total. The fourth-order valence-electron chi connectivity index (χ4n) is 4.77. The first-order chi connectivity index (χ1) is 17.7. The highest BCUT2D eigenvalue weighted by Gasteiger charge is 2.31. The number of amides is 3. The Balaban J connectivity index is 1.41. The van der Waals surface area contributed by atoms with Crippen molar-refractivity contribution in [2.24, 2.45) is 11.7 Å². The van der Waals surface area contributed by atoms with E-state index in [4.69, 9.17) is 17.3 Å². The van der Waals surface area contributed by atoms with E-state index in [1.807, 2.05) is 36.9 Å². The summed E-state index contributed by atoms with van der Waals surface area (Å²) < 4.78 is 0. The molecule has 0 unspecified atom stereocenters. The average Bonchev–Trinajstić information content (AvgIpc) is 2.91. The molecule has 1 fully saturated rings. The molecule has 0 spiro atoms. The van der Waals surface area contributed by atoms with Gasteiger partial charge in [0.15, 0.2) is 0 Å². The van der Waals surface area contributed by atoms with Crippen LogP contribution in [-0.4, -0.2) is 41.8 Å². The van der Waals surface area contributed by atoms with Gasteiger partial charge in [0.2, 0.25) is 11.8 Å². The van der Waals surface area contributed by atoms with Crippen molar-refractivity contribution in [3.63, 3.8) is 0 Å². The lowest BCUT2D eigenvalue weighted by Gasteiger charge is -2.35. The number of nitrogens with two attached hydrogens (primary N) is 1. The van der Waals surface area contributed by atoms with Crippen LogP contribution in [0.3, 0.4) is 0 Å². The van der Waals surface area contributed by atoms with Crippen LogP contribution in [0.2, 0.25) is 5.02 Å². The van der Waals surface area contributed by atoms with Gasteiger partial charge in [-0.25, -0.2) is 0 Å². The van der Waals surface area contributed by atoms with Gasteiger partial charge in [-0.3, -0.25) is 14.4 Å². The van der Waals surface area contributed by atoms with Gasteiger partial charge in [0, 0.05) is 29.2 Å². The number of carbonyl (C=O) groups excluding carboxylic acids is 3. The number of hydrogen-bond acceptors (Lipinski definition) is 3. The number of likely N-dealkylation sites (tertiary alicyclic amines) is 1. The van der Waals surface area contributed by atoms with Crippen molar-refractivity contribution in [2.45, 2.75) is 38.6 Å². The minimum absolute atomic E-state index is 0.0453. The van der Waals surface area contributed by atoms with Crippen molar-refractivity contribution in [3.05, 3.63) is 94.5 Å². The second-order valence-electron chi connectivity index (χ2n) is 9.87. The van der Waals surface area contributed by atoms with E-state index in [0.717, 1.165) is 29.0 Å². The van der Waals surface area contributed by atoms with Crippen LogP contribution in [-0.2, 0) is 4.79 Å². The molecule has 1 atom stereocenters. The second-order valence-corrected chi connectivity index (χ2v) is 10.3. The van der Waals surface area contributed by atoms with E-state index in [9.17, 15) is 14.4 Å². The van der Waals surface area contributed by atoms with E-state index in [2.05, 4.69) is 17.4 Å². The molecular weight excluding hydrogens is 486 g/mol. The standard InChI is InChI=1S/C30H32ClN3O3/c1-19(2)27(30(37)34-16-14-22(15-17-34)20-10-12-26(31)13-11-20)33-29(36)25-5-3-4-24(18-25)21-6-8-23(9-7-21)28(32)35/h3-13,18-19,22,27H,14-17H2,1-2H3,(H2,32,35)(H,33,36)/t27-/m1/s1. The number of primary amides is 1. The summed E-state index contributed by atoms with van der Waals surface area (Å²) in [6.07, 6.45) is 1.76. The number of carbonyl (C=O) groups is 3. The number of benzene rings is 3. The summed E-state index contributed by atoms with van der Waals surface area (Å²) in [5, 5.41) is 3.70. The Bertz CT molecular complexity index is 1260. The third-order valence-electron chi connectivity index (χ3n) is 6.99. The first kappa shape index (κ1) is 26.4. The maximum Gasteiger partial charge on any atom is 0.251 e. The Morgan fingerprint density at radius 1 is 0.892 bits per heavy atom. The molecule has 1 saturated heterocycles. The average molecular weight is 518 g/mol. The normalized spacial score (nSPS) is 14.9. The number of piperidine rings is 1. The molecule has 0 radical (unpaired) electrons. The highest BCUT2D eigenvalue weighted by molar-refractivity contribution is 6.30. The van der Waals surface area contributed by atoms with Gasteiger partial charge in [0.1, 0.15) is 6.04 Å². The van der Waals surface area contributed by atoms with Crippen LogP contribution in [0.5, 0.6) is 0 Å². The highest BCUT2D eigenvalue weighted by atomic mass is 35.5. The molecule has 0 saturated carbocycles. The van der Waals surface area contributed by atoms with Crippen LogP contribution in [0.25, 0.3) is 11.1 Å². The van der Waals surface area contributed by atoms with Gasteiger partial charge in [-0.2, -0.15) is 0 Å². The van der Waals surface area contributed by atoms with E-state index in [0.29, 0.717) is 30.1 Å². The molecular formula is C30H32ClN3O3. The molecule has 0 bridgehead atoms. The zero-order chi connectivity index (χ0) is 26.5. The van der Waals surface area contributed by atoms with E-state index in [1.165, 1.54) is 5.56 Å². The molecule has 3 amide bonds. The Hall–Kier alpha value is -3.64. The number of hydrogen-bond donors (Lipinski definition) is 2. The second kappa shape index (κ2) is 11.6. The summed E-state index contributed by atoms with van der Waals surface area (Å²) in [5.41, 5.74) is 9.16. The zero-order valence-electron chi connectivity index (χ0n) is 21.1. The minimum Gasteiger partial charge on any atom is -0.366 e. The number of halogens is 1. The quantitative estimate of drug-likeness (QED) is 0.447. The van der Waals surface area contributed by atoms with Crippen molar-refractivity contribution >= 4 is 29.3 Å². The predicted octanol–water partition coefficient (Wildman–Crippen LogP) is 5.27. The maximum absolute atomic E-state index is 13.4. The Kier molecular flexibility index (Phi) is 8.29. The van der Waals surface area contributed by atoms with Crippen LogP contribution in [0.4, 0.5) is 0 Å². The molecule has 192 valence electrons. The first-order valence-corrected chi connectivity index (χ1v) is 13.0. The summed E-state index contributed by atoms with van der Waals surface area (Å²) in [5.74, 6) is -0.490. The SMILES string of the molecule is CC(C)[C@@H](NC(=O)c1cccc(-c2ccc(C(N)=O)cc2)c1)C(=O)N1CCC(c2ccc(Cl)cc2)CC1. The first-order valence-electron chi connectivity index (χ1n) is 12.6. The van der Waals surface area contributed by atoms with E-state index < -0.39 is 11.9 Å². The molecule has 0 aromatic heterocycles. The molecule has 3 aromatic carbocycles. The third kappa shape index (κ3) is 6.38. The lowest BCUT2D eigenvalue weighted by atomic mass is 9.89. The highest BCUT2D eigenvalue weighted by Crippen LogP contribution is 2.29. The lowest BCUT2D eigenvalue weighted by molar-refractivity contribution is -0.135. The molecule has 7 heteroatoms. The molecule has 1 heterocycles. The van der Waals surface area contributed by atoms with Gasteiger partial charge in [0.25, 0.3) is 5.91 Å². The van der Waals surface area contributed by atoms with Crippen molar-refractivity contribution < 1.29 is 14.4 Å². The largest absolute Gasteiger partial charge is 0.366 e. The van der Waals surface area contributed by atoms with Crippen LogP contribution < -0.4 is 11.1 Å². The predicted molar refractivity (Wildman–Crippen MR) is 146 cm³/mol. The summed E-state index contributed by atoms with van der Waals surface area (Å²) >= 11 is 6.02. The smallest absolute Gasteiger partial charge is 0.251 e. The van der Waals surface area contributed by atoms with Crippen molar-refractivity contribution in [2.75, 3.05) is 13.1 Å².